The van der Waals surface area contributed by atoms with Crippen molar-refractivity contribution in [3.63, 3.8) is 0 Å². The topological polar surface area (TPSA) is 103 Å². The first-order chi connectivity index (χ1) is 12.5. The largest absolute Gasteiger partial charge is 0.493 e. The van der Waals surface area contributed by atoms with E-state index in [1.165, 1.54) is 13.5 Å². The minimum absolute atomic E-state index is 0. The molecule has 1 heterocycles. The van der Waals surface area contributed by atoms with Gasteiger partial charge >= 0.3 is 0 Å². The highest BCUT2D eigenvalue weighted by molar-refractivity contribution is 5.85. The minimum atomic E-state index is -0.546. The number of hydrogen-bond donors (Lipinski definition) is 3. The summed E-state index contributed by atoms with van der Waals surface area (Å²) in [5.41, 5.74) is 5.75. The number of carbonyl (C=O) groups excluding carboxylic acids is 2. The molecule has 1 saturated carbocycles. The third kappa shape index (κ3) is 4.65. The summed E-state index contributed by atoms with van der Waals surface area (Å²) in [6.45, 7) is 1.93. The maximum Gasteiger partial charge on any atom is 0.255 e. The predicted molar refractivity (Wildman–Crippen MR) is 104 cm³/mol. The SMILES string of the molecule is COc1cc(CNC(=O)[C@@]23CCCC[C@H]2CNC3)ccc1OCC(N)=O.Cl. The Labute approximate surface area is 165 Å². The Morgan fingerprint density at radius 3 is 2.89 bits per heavy atom. The molecule has 2 atom stereocenters. The zero-order chi connectivity index (χ0) is 18.6. The zero-order valence-electron chi connectivity index (χ0n) is 15.6. The Bertz CT molecular complexity index is 685. The van der Waals surface area contributed by atoms with Crippen LogP contribution in [-0.2, 0) is 16.1 Å². The highest BCUT2D eigenvalue weighted by atomic mass is 35.5. The van der Waals surface area contributed by atoms with Crippen LogP contribution >= 0.6 is 12.4 Å². The minimum Gasteiger partial charge on any atom is -0.493 e. The van der Waals surface area contributed by atoms with E-state index in [1.54, 1.807) is 12.1 Å². The molecule has 1 aromatic carbocycles. The number of halogens is 1. The fourth-order valence-corrected chi connectivity index (χ4v) is 4.14. The molecule has 150 valence electrons. The maximum absolute atomic E-state index is 12.9. The summed E-state index contributed by atoms with van der Waals surface area (Å²) in [7, 11) is 1.53. The number of amides is 2. The lowest BCUT2D eigenvalue weighted by molar-refractivity contribution is -0.134. The van der Waals surface area contributed by atoms with Crippen LogP contribution in [0.4, 0.5) is 0 Å². The number of ether oxygens (including phenoxy) is 2. The van der Waals surface area contributed by atoms with Crippen LogP contribution in [-0.4, -0.2) is 38.6 Å². The van der Waals surface area contributed by atoms with E-state index in [2.05, 4.69) is 10.6 Å². The first-order valence-corrected chi connectivity index (χ1v) is 9.12. The number of benzene rings is 1. The standard InChI is InChI=1S/C19H27N3O4.ClH/c1-25-16-8-13(5-6-15(16)26-11-17(20)23)9-22-18(24)19-7-3-2-4-14(19)10-21-12-19;/h5-6,8,14,21H,2-4,7,9-12H2,1H3,(H2,20,23)(H,22,24);1H/t14-,19+;/m0./s1. The van der Waals surface area contributed by atoms with Crippen molar-refractivity contribution in [3.05, 3.63) is 23.8 Å². The summed E-state index contributed by atoms with van der Waals surface area (Å²) in [4.78, 5) is 23.8. The van der Waals surface area contributed by atoms with E-state index in [9.17, 15) is 9.59 Å². The number of nitrogens with one attached hydrogen (secondary N) is 2. The van der Waals surface area contributed by atoms with Crippen LogP contribution in [0.1, 0.15) is 31.2 Å². The molecule has 0 bridgehead atoms. The Kier molecular flexibility index (Phi) is 7.33. The monoisotopic (exact) mass is 397 g/mol. The highest BCUT2D eigenvalue weighted by Gasteiger charge is 2.49. The van der Waals surface area contributed by atoms with Crippen molar-refractivity contribution in [2.45, 2.75) is 32.2 Å². The number of hydrogen-bond acceptors (Lipinski definition) is 5. The van der Waals surface area contributed by atoms with Gasteiger partial charge in [0.2, 0.25) is 5.91 Å². The molecule has 1 aliphatic heterocycles. The van der Waals surface area contributed by atoms with Gasteiger partial charge in [0.05, 0.1) is 12.5 Å². The second-order valence-corrected chi connectivity index (χ2v) is 7.15. The van der Waals surface area contributed by atoms with Crippen molar-refractivity contribution in [3.8, 4) is 11.5 Å². The number of carbonyl (C=O) groups is 2. The number of rotatable bonds is 7. The Morgan fingerprint density at radius 1 is 1.33 bits per heavy atom. The molecule has 4 N–H and O–H groups in total. The van der Waals surface area contributed by atoms with Crippen LogP contribution in [0.5, 0.6) is 11.5 Å². The van der Waals surface area contributed by atoms with E-state index in [0.717, 1.165) is 37.9 Å². The van der Waals surface area contributed by atoms with Crippen molar-refractivity contribution < 1.29 is 19.1 Å². The third-order valence-electron chi connectivity index (χ3n) is 5.54. The van der Waals surface area contributed by atoms with Crippen molar-refractivity contribution in [2.24, 2.45) is 17.1 Å². The molecule has 2 fully saturated rings. The molecule has 2 aliphatic rings. The molecule has 1 aliphatic carbocycles. The van der Waals surface area contributed by atoms with E-state index < -0.39 is 5.91 Å². The van der Waals surface area contributed by atoms with Gasteiger partial charge in [-0.25, -0.2) is 0 Å². The zero-order valence-corrected chi connectivity index (χ0v) is 16.4. The molecule has 2 amide bonds. The normalized spacial score (nSPS) is 23.7. The molecule has 0 unspecified atom stereocenters. The van der Waals surface area contributed by atoms with E-state index in [1.807, 2.05) is 6.07 Å². The molecular formula is C19H28ClN3O4. The third-order valence-corrected chi connectivity index (χ3v) is 5.54. The average Bonchev–Trinajstić information content (AvgIpc) is 3.09. The van der Waals surface area contributed by atoms with Crippen molar-refractivity contribution in [1.82, 2.24) is 10.6 Å². The summed E-state index contributed by atoms with van der Waals surface area (Å²) >= 11 is 0. The molecule has 7 nitrogen and oxygen atoms in total. The summed E-state index contributed by atoms with van der Waals surface area (Å²) in [5, 5.41) is 6.50. The van der Waals surface area contributed by atoms with Crippen LogP contribution < -0.4 is 25.8 Å². The van der Waals surface area contributed by atoms with Gasteiger partial charge in [0.15, 0.2) is 18.1 Å². The van der Waals surface area contributed by atoms with Crippen molar-refractivity contribution >= 4 is 24.2 Å². The van der Waals surface area contributed by atoms with Gasteiger partial charge in [-0.3, -0.25) is 9.59 Å². The lowest BCUT2D eigenvalue weighted by atomic mass is 9.67. The second kappa shape index (κ2) is 9.28. The second-order valence-electron chi connectivity index (χ2n) is 7.15. The predicted octanol–water partition coefficient (Wildman–Crippen LogP) is 1.38. The summed E-state index contributed by atoms with van der Waals surface area (Å²) in [6.07, 6.45) is 4.41. The number of primary amides is 1. The molecule has 27 heavy (non-hydrogen) atoms. The Morgan fingerprint density at radius 2 is 2.15 bits per heavy atom. The van der Waals surface area contributed by atoms with Crippen LogP contribution in [0, 0.1) is 11.3 Å². The molecular weight excluding hydrogens is 370 g/mol. The lowest BCUT2D eigenvalue weighted by Gasteiger charge is -2.37. The highest BCUT2D eigenvalue weighted by Crippen LogP contribution is 2.44. The first kappa shape index (κ1) is 21.3. The van der Waals surface area contributed by atoms with Crippen LogP contribution in [0.3, 0.4) is 0 Å². The summed E-state index contributed by atoms with van der Waals surface area (Å²) in [5.74, 6) is 0.993. The van der Waals surface area contributed by atoms with Gasteiger partial charge in [-0.15, -0.1) is 12.4 Å². The average molecular weight is 398 g/mol. The Balaban J connectivity index is 0.00000261. The summed E-state index contributed by atoms with van der Waals surface area (Å²) in [6, 6.07) is 5.38. The molecule has 0 spiro atoms. The van der Waals surface area contributed by atoms with Crippen molar-refractivity contribution in [2.75, 3.05) is 26.8 Å². The van der Waals surface area contributed by atoms with Crippen LogP contribution in [0.25, 0.3) is 0 Å². The smallest absolute Gasteiger partial charge is 0.255 e. The van der Waals surface area contributed by atoms with E-state index in [4.69, 9.17) is 15.2 Å². The number of methoxy groups -OCH3 is 1. The van der Waals surface area contributed by atoms with E-state index in [-0.39, 0.29) is 30.3 Å². The quantitative estimate of drug-likeness (QED) is 0.645. The van der Waals surface area contributed by atoms with Gasteiger partial charge in [0.25, 0.3) is 5.91 Å². The molecule has 1 aromatic rings. The molecule has 8 heteroatoms. The van der Waals surface area contributed by atoms with Gasteiger partial charge in [-0.1, -0.05) is 18.9 Å². The Hall–Kier alpha value is -1.99. The molecule has 0 aromatic heterocycles. The summed E-state index contributed by atoms with van der Waals surface area (Å²) < 4.78 is 10.6. The van der Waals surface area contributed by atoms with Gasteiger partial charge in [0.1, 0.15) is 0 Å². The molecule has 0 radical (unpaired) electrons. The van der Waals surface area contributed by atoms with Crippen molar-refractivity contribution in [1.29, 1.82) is 0 Å². The van der Waals surface area contributed by atoms with Gasteiger partial charge in [0, 0.05) is 13.1 Å². The van der Waals surface area contributed by atoms with Gasteiger partial charge in [-0.2, -0.15) is 0 Å². The van der Waals surface area contributed by atoms with Crippen LogP contribution in [0.2, 0.25) is 0 Å². The van der Waals surface area contributed by atoms with Gasteiger partial charge < -0.3 is 25.8 Å². The van der Waals surface area contributed by atoms with E-state index >= 15 is 0 Å². The van der Waals surface area contributed by atoms with E-state index in [0.29, 0.717) is 24.0 Å². The first-order valence-electron chi connectivity index (χ1n) is 9.12. The van der Waals surface area contributed by atoms with Gasteiger partial charge in [-0.05, 0) is 43.0 Å². The lowest BCUT2D eigenvalue weighted by Crippen LogP contribution is -2.47. The molecule has 1 saturated heterocycles. The number of fused-ring (bicyclic) bond motifs is 1. The fraction of sp³-hybridized carbons (Fsp3) is 0.579. The number of nitrogens with two attached hydrogens (primary N) is 1. The fourth-order valence-electron chi connectivity index (χ4n) is 4.14. The molecule has 3 rings (SSSR count). The van der Waals surface area contributed by atoms with Crippen LogP contribution in [0.15, 0.2) is 18.2 Å². The maximum atomic E-state index is 12.9.